The van der Waals surface area contributed by atoms with E-state index in [1.807, 2.05) is 6.20 Å². The molecule has 0 saturated carbocycles. The lowest BCUT2D eigenvalue weighted by Crippen LogP contribution is -2.14. The van der Waals surface area contributed by atoms with Crippen molar-refractivity contribution in [1.82, 2.24) is 10.3 Å². The molecule has 0 bridgehead atoms. The third-order valence-corrected chi connectivity index (χ3v) is 3.07. The second kappa shape index (κ2) is 4.90. The van der Waals surface area contributed by atoms with Crippen LogP contribution in [-0.4, -0.2) is 18.1 Å². The van der Waals surface area contributed by atoms with Crippen molar-refractivity contribution >= 4 is 21.5 Å². The van der Waals surface area contributed by atoms with Crippen molar-refractivity contribution in [3.8, 4) is 0 Å². The highest BCUT2D eigenvalue weighted by Gasteiger charge is 2.08. The molecule has 2 heterocycles. The van der Waals surface area contributed by atoms with Crippen molar-refractivity contribution in [2.75, 3.05) is 13.1 Å². The molecule has 15 heavy (non-hydrogen) atoms. The summed E-state index contributed by atoms with van der Waals surface area (Å²) < 4.78 is 1.05. The normalized spacial score (nSPS) is 17.1. The summed E-state index contributed by atoms with van der Waals surface area (Å²) in [5, 5.41) is 3.39. The van der Waals surface area contributed by atoms with Crippen molar-refractivity contribution in [3.05, 3.63) is 34.1 Å². The van der Waals surface area contributed by atoms with Gasteiger partial charge in [0.25, 0.3) is 0 Å². The van der Waals surface area contributed by atoms with E-state index in [0.717, 1.165) is 36.1 Å². The molecule has 0 amide bonds. The molecule has 0 saturated heterocycles. The Hall–Kier alpha value is -0.670. The van der Waals surface area contributed by atoms with Crippen molar-refractivity contribution in [2.45, 2.75) is 19.8 Å². The fraction of sp³-hybridized carbons (Fsp3) is 0.417. The first kappa shape index (κ1) is 10.8. The number of rotatable bonds is 1. The molecule has 0 aromatic carbocycles. The first-order valence-corrected chi connectivity index (χ1v) is 6.09. The standard InChI is InChI=1S/C12H15BrN2/c1-9-7-11(13)8-15-12(9)10-3-2-5-14-6-4-10/h3,7-8,14H,2,4-6H2,1H3. The number of nitrogens with zero attached hydrogens (tertiary/aromatic N) is 1. The van der Waals surface area contributed by atoms with Crippen LogP contribution in [0.15, 0.2) is 22.8 Å². The van der Waals surface area contributed by atoms with Crippen LogP contribution in [0.25, 0.3) is 5.57 Å². The van der Waals surface area contributed by atoms with Gasteiger partial charge < -0.3 is 5.32 Å². The minimum atomic E-state index is 1.05. The van der Waals surface area contributed by atoms with Crippen LogP contribution < -0.4 is 5.32 Å². The molecule has 1 N–H and O–H groups in total. The summed E-state index contributed by atoms with van der Waals surface area (Å²) in [5.74, 6) is 0. The van der Waals surface area contributed by atoms with Crippen molar-refractivity contribution in [3.63, 3.8) is 0 Å². The Labute approximate surface area is 98.9 Å². The Balaban J connectivity index is 2.31. The Morgan fingerprint density at radius 2 is 2.27 bits per heavy atom. The molecule has 1 aliphatic rings. The van der Waals surface area contributed by atoms with Crippen LogP contribution in [0, 0.1) is 6.92 Å². The summed E-state index contributed by atoms with van der Waals surface area (Å²) in [7, 11) is 0. The van der Waals surface area contributed by atoms with Gasteiger partial charge in [0.15, 0.2) is 0 Å². The summed E-state index contributed by atoms with van der Waals surface area (Å²) in [4.78, 5) is 4.50. The zero-order valence-electron chi connectivity index (χ0n) is 8.89. The van der Waals surface area contributed by atoms with Crippen LogP contribution in [0.2, 0.25) is 0 Å². The molecule has 0 radical (unpaired) electrons. The molecule has 0 spiro atoms. The fourth-order valence-electron chi connectivity index (χ4n) is 1.89. The van der Waals surface area contributed by atoms with Crippen LogP contribution >= 0.6 is 15.9 Å². The maximum Gasteiger partial charge on any atom is 0.0688 e. The Morgan fingerprint density at radius 3 is 3.07 bits per heavy atom. The maximum atomic E-state index is 4.50. The van der Waals surface area contributed by atoms with E-state index in [1.165, 1.54) is 11.1 Å². The Bertz CT molecular complexity index is 385. The molecular weight excluding hydrogens is 252 g/mol. The minimum absolute atomic E-state index is 1.05. The molecule has 2 nitrogen and oxygen atoms in total. The molecule has 2 rings (SSSR count). The van der Waals surface area contributed by atoms with Gasteiger partial charge in [-0.05, 0) is 66.0 Å². The van der Waals surface area contributed by atoms with Gasteiger partial charge in [0.05, 0.1) is 5.69 Å². The van der Waals surface area contributed by atoms with Gasteiger partial charge in [-0.1, -0.05) is 6.08 Å². The predicted molar refractivity (Wildman–Crippen MR) is 66.8 cm³/mol. The lowest BCUT2D eigenvalue weighted by atomic mass is 10.0. The number of aryl methyl sites for hydroxylation is 1. The number of hydrogen-bond acceptors (Lipinski definition) is 2. The average Bonchev–Trinajstić information content (AvgIpc) is 2.46. The van der Waals surface area contributed by atoms with E-state index in [4.69, 9.17) is 0 Å². The van der Waals surface area contributed by atoms with E-state index in [9.17, 15) is 0 Å². The van der Waals surface area contributed by atoms with E-state index in [-0.39, 0.29) is 0 Å². The highest BCUT2D eigenvalue weighted by atomic mass is 79.9. The van der Waals surface area contributed by atoms with Crippen LogP contribution in [0.3, 0.4) is 0 Å². The second-order valence-corrected chi connectivity index (χ2v) is 4.75. The molecule has 1 aromatic heterocycles. The Kier molecular flexibility index (Phi) is 3.54. The first-order valence-electron chi connectivity index (χ1n) is 5.29. The number of halogens is 1. The molecule has 1 aliphatic heterocycles. The average molecular weight is 267 g/mol. The zero-order chi connectivity index (χ0) is 10.7. The fourth-order valence-corrected chi connectivity index (χ4v) is 2.34. The van der Waals surface area contributed by atoms with E-state index in [1.54, 1.807) is 0 Å². The molecule has 80 valence electrons. The van der Waals surface area contributed by atoms with E-state index in [0.29, 0.717) is 0 Å². The first-order chi connectivity index (χ1) is 7.27. The van der Waals surface area contributed by atoms with E-state index >= 15 is 0 Å². The summed E-state index contributed by atoms with van der Waals surface area (Å²) >= 11 is 3.44. The lowest BCUT2D eigenvalue weighted by molar-refractivity contribution is 0.718. The summed E-state index contributed by atoms with van der Waals surface area (Å²) in [6, 6.07) is 2.13. The third kappa shape index (κ3) is 2.67. The van der Waals surface area contributed by atoms with Gasteiger partial charge in [-0.3, -0.25) is 4.98 Å². The van der Waals surface area contributed by atoms with E-state index in [2.05, 4.69) is 45.3 Å². The Morgan fingerprint density at radius 1 is 1.40 bits per heavy atom. The highest BCUT2D eigenvalue weighted by Crippen LogP contribution is 2.23. The van der Waals surface area contributed by atoms with Gasteiger partial charge >= 0.3 is 0 Å². The molecule has 0 aliphatic carbocycles. The van der Waals surface area contributed by atoms with Gasteiger partial charge in [-0.2, -0.15) is 0 Å². The quantitative estimate of drug-likeness (QED) is 0.846. The summed E-state index contributed by atoms with van der Waals surface area (Å²) in [6.07, 6.45) is 6.37. The van der Waals surface area contributed by atoms with E-state index < -0.39 is 0 Å². The van der Waals surface area contributed by atoms with Crippen LogP contribution in [0.5, 0.6) is 0 Å². The van der Waals surface area contributed by atoms with Gasteiger partial charge in [0.1, 0.15) is 0 Å². The summed E-state index contributed by atoms with van der Waals surface area (Å²) in [5.41, 5.74) is 3.78. The van der Waals surface area contributed by atoms with Gasteiger partial charge in [0.2, 0.25) is 0 Å². The van der Waals surface area contributed by atoms with Crippen molar-refractivity contribution in [2.24, 2.45) is 0 Å². The minimum Gasteiger partial charge on any atom is -0.316 e. The molecule has 0 atom stereocenters. The number of pyridine rings is 1. The number of aromatic nitrogens is 1. The van der Waals surface area contributed by atoms with Crippen LogP contribution in [0.4, 0.5) is 0 Å². The molecule has 0 unspecified atom stereocenters. The van der Waals surface area contributed by atoms with Crippen LogP contribution in [0.1, 0.15) is 24.1 Å². The smallest absolute Gasteiger partial charge is 0.0688 e. The number of hydrogen-bond donors (Lipinski definition) is 1. The predicted octanol–water partition coefficient (Wildman–Crippen LogP) is 2.92. The topological polar surface area (TPSA) is 24.9 Å². The monoisotopic (exact) mass is 266 g/mol. The molecule has 1 aromatic rings. The SMILES string of the molecule is Cc1cc(Br)cnc1C1=CCCNCC1. The number of nitrogens with one attached hydrogen (secondary N) is 1. The molecule has 3 heteroatoms. The van der Waals surface area contributed by atoms with Crippen molar-refractivity contribution in [1.29, 1.82) is 0 Å². The second-order valence-electron chi connectivity index (χ2n) is 3.84. The zero-order valence-corrected chi connectivity index (χ0v) is 10.5. The summed E-state index contributed by atoms with van der Waals surface area (Å²) in [6.45, 7) is 4.26. The highest BCUT2D eigenvalue weighted by molar-refractivity contribution is 9.10. The third-order valence-electron chi connectivity index (χ3n) is 2.63. The van der Waals surface area contributed by atoms with Gasteiger partial charge in [0, 0.05) is 10.7 Å². The van der Waals surface area contributed by atoms with Gasteiger partial charge in [-0.25, -0.2) is 0 Å². The maximum absolute atomic E-state index is 4.50. The molecule has 0 fully saturated rings. The van der Waals surface area contributed by atoms with Gasteiger partial charge in [-0.15, -0.1) is 0 Å². The lowest BCUT2D eigenvalue weighted by Gasteiger charge is -2.08. The largest absolute Gasteiger partial charge is 0.316 e. The van der Waals surface area contributed by atoms with Crippen LogP contribution in [-0.2, 0) is 0 Å². The molecular formula is C12H15BrN2. The van der Waals surface area contributed by atoms with Crippen molar-refractivity contribution < 1.29 is 0 Å².